The van der Waals surface area contributed by atoms with Gasteiger partial charge in [-0.15, -0.1) is 0 Å². The van der Waals surface area contributed by atoms with Gasteiger partial charge in [-0.25, -0.2) is 22.7 Å². The largest absolute Gasteiger partial charge is 0.393 e. The molecule has 0 saturated carbocycles. The van der Waals surface area contributed by atoms with Gasteiger partial charge in [0.1, 0.15) is 4.90 Å². The number of hydrogen-bond acceptors (Lipinski definition) is 6. The fourth-order valence-corrected chi connectivity index (χ4v) is 2.32. The Hall–Kier alpha value is -1.25. The van der Waals surface area contributed by atoms with Crippen LogP contribution in [-0.4, -0.2) is 54.5 Å². The van der Waals surface area contributed by atoms with Gasteiger partial charge in [-0.1, -0.05) is 0 Å². The molecule has 1 unspecified atom stereocenters. The van der Waals surface area contributed by atoms with E-state index < -0.39 is 16.1 Å². The van der Waals surface area contributed by atoms with Gasteiger partial charge in [0.2, 0.25) is 16.0 Å². The second-order valence-electron chi connectivity index (χ2n) is 3.96. The predicted molar refractivity (Wildman–Crippen MR) is 67.7 cm³/mol. The Balaban J connectivity index is 2.84. The number of rotatable bonds is 6. The van der Waals surface area contributed by atoms with Crippen LogP contribution in [0.3, 0.4) is 0 Å². The molecule has 8 heteroatoms. The van der Waals surface area contributed by atoms with Gasteiger partial charge in [-0.05, 0) is 13.3 Å². The molecule has 0 aliphatic heterocycles. The van der Waals surface area contributed by atoms with E-state index in [1.54, 1.807) is 14.0 Å². The number of anilines is 1. The van der Waals surface area contributed by atoms with Gasteiger partial charge in [0.05, 0.1) is 18.5 Å². The average molecular weight is 274 g/mol. The molecule has 1 atom stereocenters. The molecule has 1 heterocycles. The third-order valence-electron chi connectivity index (χ3n) is 2.42. The molecule has 1 aromatic heterocycles. The highest BCUT2D eigenvalue weighted by molar-refractivity contribution is 7.89. The van der Waals surface area contributed by atoms with Crippen molar-refractivity contribution >= 4 is 16.0 Å². The second kappa shape index (κ2) is 6.07. The van der Waals surface area contributed by atoms with Crippen molar-refractivity contribution in [2.75, 3.05) is 26.0 Å². The van der Waals surface area contributed by atoms with Crippen molar-refractivity contribution in [2.45, 2.75) is 24.3 Å². The summed E-state index contributed by atoms with van der Waals surface area (Å²) in [5.74, 6) is 0.362. The maximum absolute atomic E-state index is 12.1. The molecule has 7 nitrogen and oxygen atoms in total. The summed E-state index contributed by atoms with van der Waals surface area (Å²) in [4.78, 5) is 7.76. The minimum absolute atomic E-state index is 0.0367. The van der Waals surface area contributed by atoms with Crippen LogP contribution in [-0.2, 0) is 10.0 Å². The smallest absolute Gasteiger partial charge is 0.245 e. The Morgan fingerprint density at radius 2 is 2.00 bits per heavy atom. The van der Waals surface area contributed by atoms with E-state index in [1.165, 1.54) is 23.7 Å². The first kappa shape index (κ1) is 14.8. The Morgan fingerprint density at radius 3 is 2.44 bits per heavy atom. The Morgan fingerprint density at radius 1 is 1.44 bits per heavy atom. The van der Waals surface area contributed by atoms with Crippen LogP contribution < -0.4 is 5.32 Å². The van der Waals surface area contributed by atoms with Crippen LogP contribution in [0.5, 0.6) is 0 Å². The number of aliphatic hydroxyl groups excluding tert-OH is 1. The zero-order valence-corrected chi connectivity index (χ0v) is 11.5. The SMILES string of the molecule is CNc1ncc(S(=O)(=O)N(C)CCC(C)O)cn1. The molecule has 0 aliphatic carbocycles. The highest BCUT2D eigenvalue weighted by Gasteiger charge is 2.21. The molecule has 0 spiro atoms. The number of nitrogens with one attached hydrogen (secondary N) is 1. The summed E-state index contributed by atoms with van der Waals surface area (Å²) in [5.41, 5.74) is 0. The van der Waals surface area contributed by atoms with E-state index >= 15 is 0 Å². The van der Waals surface area contributed by atoms with Crippen molar-refractivity contribution in [3.05, 3.63) is 12.4 Å². The van der Waals surface area contributed by atoms with Crippen LogP contribution in [0.1, 0.15) is 13.3 Å². The lowest BCUT2D eigenvalue weighted by Crippen LogP contribution is -2.29. The van der Waals surface area contributed by atoms with Crippen LogP contribution in [0.15, 0.2) is 17.3 Å². The zero-order valence-electron chi connectivity index (χ0n) is 10.7. The van der Waals surface area contributed by atoms with Gasteiger partial charge in [0.15, 0.2) is 0 Å². The van der Waals surface area contributed by atoms with E-state index in [1.807, 2.05) is 0 Å². The first-order valence-corrected chi connectivity index (χ1v) is 6.96. The summed E-state index contributed by atoms with van der Waals surface area (Å²) in [6.45, 7) is 1.86. The van der Waals surface area contributed by atoms with Crippen molar-refractivity contribution in [1.29, 1.82) is 0 Å². The highest BCUT2D eigenvalue weighted by atomic mass is 32.2. The molecule has 102 valence electrons. The normalized spacial score (nSPS) is 13.6. The van der Waals surface area contributed by atoms with Crippen LogP contribution in [0, 0.1) is 0 Å². The lowest BCUT2D eigenvalue weighted by molar-refractivity contribution is 0.177. The minimum atomic E-state index is -3.59. The van der Waals surface area contributed by atoms with Gasteiger partial charge in [0, 0.05) is 20.6 Å². The minimum Gasteiger partial charge on any atom is -0.393 e. The summed E-state index contributed by atoms with van der Waals surface area (Å²) in [6, 6.07) is 0. The predicted octanol–water partition coefficient (Wildman–Crippen LogP) is -0.0903. The number of hydrogen-bond donors (Lipinski definition) is 2. The number of nitrogens with zero attached hydrogens (tertiary/aromatic N) is 3. The van der Waals surface area contributed by atoms with Crippen molar-refractivity contribution in [1.82, 2.24) is 14.3 Å². The Bertz CT molecular complexity index is 472. The molecule has 0 aliphatic rings. The van der Waals surface area contributed by atoms with Crippen LogP contribution >= 0.6 is 0 Å². The average Bonchev–Trinajstić information content (AvgIpc) is 2.35. The number of aromatic nitrogens is 2. The van der Waals surface area contributed by atoms with E-state index in [-0.39, 0.29) is 11.4 Å². The van der Waals surface area contributed by atoms with Crippen molar-refractivity contribution in [3.63, 3.8) is 0 Å². The summed E-state index contributed by atoms with van der Waals surface area (Å²) in [6.07, 6.45) is 2.36. The van der Waals surface area contributed by atoms with Crippen molar-refractivity contribution in [3.8, 4) is 0 Å². The lowest BCUT2D eigenvalue weighted by atomic mass is 10.3. The van der Waals surface area contributed by atoms with E-state index in [0.29, 0.717) is 12.4 Å². The summed E-state index contributed by atoms with van der Waals surface area (Å²) in [5, 5.41) is 11.9. The molecule has 0 radical (unpaired) electrons. The fraction of sp³-hybridized carbons (Fsp3) is 0.600. The molecular formula is C10H18N4O3S. The van der Waals surface area contributed by atoms with Crippen LogP contribution in [0.25, 0.3) is 0 Å². The molecule has 0 bridgehead atoms. The van der Waals surface area contributed by atoms with E-state index in [2.05, 4.69) is 15.3 Å². The summed E-state index contributed by atoms with van der Waals surface area (Å²) in [7, 11) is -0.477. The molecule has 2 N–H and O–H groups in total. The van der Waals surface area contributed by atoms with Gasteiger partial charge in [-0.2, -0.15) is 0 Å². The van der Waals surface area contributed by atoms with Crippen LogP contribution in [0.4, 0.5) is 5.95 Å². The molecule has 1 rings (SSSR count). The Kier molecular flexibility index (Phi) is 5.00. The van der Waals surface area contributed by atoms with E-state index in [0.717, 1.165) is 0 Å². The van der Waals surface area contributed by atoms with Gasteiger partial charge < -0.3 is 10.4 Å². The summed E-state index contributed by atoms with van der Waals surface area (Å²) < 4.78 is 25.4. The fourth-order valence-electron chi connectivity index (χ4n) is 1.25. The third kappa shape index (κ3) is 3.62. The van der Waals surface area contributed by atoms with Crippen molar-refractivity contribution < 1.29 is 13.5 Å². The molecule has 0 fully saturated rings. The first-order chi connectivity index (χ1) is 8.37. The molecule has 1 aromatic rings. The molecule has 0 aromatic carbocycles. The zero-order chi connectivity index (χ0) is 13.8. The third-order valence-corrected chi connectivity index (χ3v) is 4.23. The van der Waals surface area contributed by atoms with Gasteiger partial charge in [-0.3, -0.25) is 0 Å². The quantitative estimate of drug-likeness (QED) is 0.752. The van der Waals surface area contributed by atoms with Gasteiger partial charge >= 0.3 is 0 Å². The molecular weight excluding hydrogens is 256 g/mol. The Labute approximate surface area is 107 Å². The van der Waals surface area contributed by atoms with Gasteiger partial charge in [0.25, 0.3) is 0 Å². The molecule has 0 saturated heterocycles. The maximum atomic E-state index is 12.1. The van der Waals surface area contributed by atoms with Crippen LogP contribution in [0.2, 0.25) is 0 Å². The number of sulfonamides is 1. The van der Waals surface area contributed by atoms with E-state index in [9.17, 15) is 8.42 Å². The lowest BCUT2D eigenvalue weighted by Gasteiger charge is -2.17. The second-order valence-corrected chi connectivity index (χ2v) is 6.00. The van der Waals surface area contributed by atoms with E-state index in [4.69, 9.17) is 5.11 Å². The maximum Gasteiger partial charge on any atom is 0.245 e. The molecule has 0 amide bonds. The van der Waals surface area contributed by atoms with Crippen molar-refractivity contribution in [2.24, 2.45) is 0 Å². The standard InChI is InChI=1S/C10H18N4O3S/c1-8(15)4-5-14(3)18(16,17)9-6-12-10(11-2)13-7-9/h6-8,15H,4-5H2,1-3H3,(H,11,12,13). The number of aliphatic hydroxyl groups is 1. The molecule has 18 heavy (non-hydrogen) atoms. The topological polar surface area (TPSA) is 95.4 Å². The first-order valence-electron chi connectivity index (χ1n) is 5.52. The summed E-state index contributed by atoms with van der Waals surface area (Å²) >= 11 is 0. The monoisotopic (exact) mass is 274 g/mol. The highest BCUT2D eigenvalue weighted by Crippen LogP contribution is 2.13.